The molecule has 3 heterocycles. The van der Waals surface area contributed by atoms with Gasteiger partial charge in [0.1, 0.15) is 11.6 Å². The Kier molecular flexibility index (Phi) is 4.60. The minimum atomic E-state index is -0.420. The summed E-state index contributed by atoms with van der Waals surface area (Å²) in [6.45, 7) is 2.50. The van der Waals surface area contributed by atoms with Gasteiger partial charge in [0, 0.05) is 49.4 Å². The molecule has 0 aliphatic carbocycles. The van der Waals surface area contributed by atoms with Crippen molar-refractivity contribution in [1.82, 2.24) is 14.7 Å². The van der Waals surface area contributed by atoms with E-state index >= 15 is 0 Å². The summed E-state index contributed by atoms with van der Waals surface area (Å²) in [5, 5.41) is 4.53. The van der Waals surface area contributed by atoms with Crippen LogP contribution in [-0.4, -0.2) is 33.5 Å². The van der Waals surface area contributed by atoms with Crippen molar-refractivity contribution < 1.29 is 8.78 Å². The molecular formula is C18H19F2N3OS. The van der Waals surface area contributed by atoms with Gasteiger partial charge in [-0.05, 0) is 29.5 Å². The summed E-state index contributed by atoms with van der Waals surface area (Å²) in [6, 6.07) is 5.25. The Morgan fingerprint density at radius 1 is 1.24 bits per heavy atom. The molecule has 2 aliphatic heterocycles. The first kappa shape index (κ1) is 16.7. The smallest absolute Gasteiger partial charge is 0.267 e. The van der Waals surface area contributed by atoms with Gasteiger partial charge in [0.2, 0.25) is 0 Å². The van der Waals surface area contributed by atoms with Crippen LogP contribution in [0.25, 0.3) is 0 Å². The van der Waals surface area contributed by atoms with Gasteiger partial charge in [0.15, 0.2) is 0 Å². The zero-order valence-electron chi connectivity index (χ0n) is 13.8. The van der Waals surface area contributed by atoms with Gasteiger partial charge >= 0.3 is 0 Å². The van der Waals surface area contributed by atoms with E-state index in [4.69, 9.17) is 0 Å². The first-order valence-electron chi connectivity index (χ1n) is 8.42. The van der Waals surface area contributed by atoms with Crippen LogP contribution < -0.4 is 5.56 Å². The lowest BCUT2D eigenvalue weighted by atomic mass is 9.99. The van der Waals surface area contributed by atoms with Crippen LogP contribution in [0.4, 0.5) is 8.78 Å². The molecule has 4 nitrogen and oxygen atoms in total. The number of fused-ring (bicyclic) bond motifs is 1. The lowest BCUT2D eigenvalue weighted by molar-refractivity contribution is 0.0753. The number of benzene rings is 1. The third-order valence-electron chi connectivity index (χ3n) is 4.77. The number of halogens is 2. The fourth-order valence-corrected chi connectivity index (χ4v) is 4.41. The summed E-state index contributed by atoms with van der Waals surface area (Å²) in [4.78, 5) is 14.3. The van der Waals surface area contributed by atoms with Gasteiger partial charge in [0.05, 0.1) is 12.2 Å². The zero-order chi connectivity index (χ0) is 17.4. The van der Waals surface area contributed by atoms with Crippen molar-refractivity contribution in [2.45, 2.75) is 25.3 Å². The van der Waals surface area contributed by atoms with Crippen LogP contribution >= 0.6 is 11.8 Å². The summed E-state index contributed by atoms with van der Waals surface area (Å²) >= 11 is 1.83. The van der Waals surface area contributed by atoms with Gasteiger partial charge < -0.3 is 0 Å². The van der Waals surface area contributed by atoms with E-state index in [1.165, 1.54) is 6.07 Å². The number of hydrogen-bond acceptors (Lipinski definition) is 4. The summed E-state index contributed by atoms with van der Waals surface area (Å²) in [6.07, 6.45) is 0.913. The SMILES string of the molecule is O=c1cc2c(nn1CC1CN(Cc3cc(F)ccc3F)C1)CCSC2. The molecule has 0 atom stereocenters. The number of likely N-dealkylation sites (tertiary alicyclic amines) is 1. The predicted molar refractivity (Wildman–Crippen MR) is 93.5 cm³/mol. The van der Waals surface area contributed by atoms with Gasteiger partial charge in [-0.2, -0.15) is 16.9 Å². The summed E-state index contributed by atoms with van der Waals surface area (Å²) < 4.78 is 28.5. The molecule has 25 heavy (non-hydrogen) atoms. The van der Waals surface area contributed by atoms with Crippen molar-refractivity contribution in [3.05, 3.63) is 63.1 Å². The monoisotopic (exact) mass is 363 g/mol. The maximum atomic E-state index is 13.7. The van der Waals surface area contributed by atoms with Gasteiger partial charge in [-0.25, -0.2) is 13.5 Å². The maximum Gasteiger partial charge on any atom is 0.267 e. The highest BCUT2D eigenvalue weighted by molar-refractivity contribution is 7.98. The molecule has 1 aromatic carbocycles. The van der Waals surface area contributed by atoms with Gasteiger partial charge in [-0.3, -0.25) is 9.69 Å². The van der Waals surface area contributed by atoms with Crippen LogP contribution in [0.15, 0.2) is 29.1 Å². The van der Waals surface area contributed by atoms with Crippen LogP contribution in [0.3, 0.4) is 0 Å². The van der Waals surface area contributed by atoms with E-state index in [1.807, 2.05) is 11.8 Å². The number of hydrogen-bond donors (Lipinski definition) is 0. The second-order valence-electron chi connectivity index (χ2n) is 6.74. The van der Waals surface area contributed by atoms with Crippen molar-refractivity contribution >= 4 is 11.8 Å². The second-order valence-corrected chi connectivity index (χ2v) is 7.84. The molecule has 0 amide bonds. The van der Waals surface area contributed by atoms with E-state index in [2.05, 4.69) is 10.00 Å². The molecule has 0 bridgehead atoms. The second kappa shape index (κ2) is 6.88. The van der Waals surface area contributed by atoms with Crippen LogP contribution in [0.1, 0.15) is 16.8 Å². The first-order chi connectivity index (χ1) is 12.1. The molecule has 4 rings (SSSR count). The minimum Gasteiger partial charge on any atom is -0.298 e. The highest BCUT2D eigenvalue weighted by atomic mass is 32.2. The Morgan fingerprint density at radius 2 is 2.08 bits per heavy atom. The van der Waals surface area contributed by atoms with Crippen LogP contribution in [0, 0.1) is 17.6 Å². The number of aryl methyl sites for hydroxylation is 1. The van der Waals surface area contributed by atoms with E-state index in [0.29, 0.717) is 24.6 Å². The molecular weight excluding hydrogens is 344 g/mol. The van der Waals surface area contributed by atoms with Crippen molar-refractivity contribution in [2.24, 2.45) is 5.92 Å². The Hall–Kier alpha value is -1.73. The molecule has 1 saturated heterocycles. The van der Waals surface area contributed by atoms with Crippen molar-refractivity contribution in [1.29, 1.82) is 0 Å². The van der Waals surface area contributed by atoms with Crippen LogP contribution in [-0.2, 0) is 25.3 Å². The largest absolute Gasteiger partial charge is 0.298 e. The fraction of sp³-hybridized carbons (Fsp3) is 0.444. The first-order valence-corrected chi connectivity index (χ1v) is 9.58. The quantitative estimate of drug-likeness (QED) is 0.836. The minimum absolute atomic E-state index is 0.0455. The summed E-state index contributed by atoms with van der Waals surface area (Å²) in [5.41, 5.74) is 2.43. The zero-order valence-corrected chi connectivity index (χ0v) is 14.6. The predicted octanol–water partition coefficient (Wildman–Crippen LogP) is 2.44. The maximum absolute atomic E-state index is 13.7. The molecule has 1 fully saturated rings. The van der Waals surface area contributed by atoms with Gasteiger partial charge in [0.25, 0.3) is 5.56 Å². The van der Waals surface area contributed by atoms with Crippen molar-refractivity contribution in [2.75, 3.05) is 18.8 Å². The molecule has 0 saturated carbocycles. The molecule has 2 aromatic rings. The number of thioether (sulfide) groups is 1. The lowest BCUT2D eigenvalue weighted by Crippen LogP contribution is -2.49. The Balaban J connectivity index is 1.37. The average molecular weight is 363 g/mol. The Morgan fingerprint density at radius 3 is 2.92 bits per heavy atom. The molecule has 0 radical (unpaired) electrons. The number of rotatable bonds is 4. The average Bonchev–Trinajstić information content (AvgIpc) is 2.56. The molecule has 0 N–H and O–H groups in total. The highest BCUT2D eigenvalue weighted by Crippen LogP contribution is 2.23. The third kappa shape index (κ3) is 3.62. The van der Waals surface area contributed by atoms with E-state index in [-0.39, 0.29) is 11.4 Å². The van der Waals surface area contributed by atoms with Crippen molar-refractivity contribution in [3.63, 3.8) is 0 Å². The molecule has 2 aliphatic rings. The fourth-order valence-electron chi connectivity index (χ4n) is 3.45. The van der Waals surface area contributed by atoms with E-state index in [9.17, 15) is 13.6 Å². The molecule has 0 unspecified atom stereocenters. The Labute approximate surface area is 148 Å². The topological polar surface area (TPSA) is 38.1 Å². The molecule has 0 spiro atoms. The summed E-state index contributed by atoms with van der Waals surface area (Å²) in [7, 11) is 0. The van der Waals surface area contributed by atoms with E-state index in [1.54, 1.807) is 10.7 Å². The molecule has 1 aromatic heterocycles. The van der Waals surface area contributed by atoms with Crippen molar-refractivity contribution in [3.8, 4) is 0 Å². The van der Waals surface area contributed by atoms with Crippen LogP contribution in [0.2, 0.25) is 0 Å². The van der Waals surface area contributed by atoms with Gasteiger partial charge in [-0.15, -0.1) is 0 Å². The summed E-state index contributed by atoms with van der Waals surface area (Å²) in [5.74, 6) is 1.44. The number of nitrogens with zero attached hydrogens (tertiary/aromatic N) is 3. The molecule has 132 valence electrons. The van der Waals surface area contributed by atoms with Gasteiger partial charge in [-0.1, -0.05) is 0 Å². The number of aromatic nitrogens is 2. The third-order valence-corrected chi connectivity index (χ3v) is 5.78. The molecule has 7 heteroatoms. The van der Waals surface area contributed by atoms with E-state index in [0.717, 1.165) is 54.4 Å². The normalized spacial score (nSPS) is 18.0. The standard InChI is InChI=1S/C18H19F2N3OS/c19-15-1-2-16(20)13(5-15)10-22-7-12(8-22)9-23-18(24)6-14-11-25-4-3-17(14)21-23/h1-2,5-6,12H,3-4,7-11H2. The lowest BCUT2D eigenvalue weighted by Gasteiger charge is -2.39. The Bertz CT molecular complexity index is 849. The van der Waals surface area contributed by atoms with Crippen LogP contribution in [0.5, 0.6) is 0 Å². The highest BCUT2D eigenvalue weighted by Gasteiger charge is 2.28. The van der Waals surface area contributed by atoms with E-state index < -0.39 is 5.82 Å².